The number of amides is 2. The fourth-order valence-electron chi connectivity index (χ4n) is 5.69. The van der Waals surface area contributed by atoms with Crippen LogP contribution in [0.2, 0.25) is 0 Å². The molecule has 1 aromatic rings. The van der Waals surface area contributed by atoms with E-state index in [4.69, 9.17) is 4.74 Å². The normalized spacial score (nSPS) is 24.9. The van der Waals surface area contributed by atoms with E-state index in [1.165, 1.54) is 43.4 Å². The van der Waals surface area contributed by atoms with Crippen LogP contribution in [0.1, 0.15) is 54.6 Å². The minimum atomic E-state index is -0.376. The number of hydrogen-bond donors (Lipinski definition) is 1. The summed E-state index contributed by atoms with van der Waals surface area (Å²) < 4.78 is 5.43. The molecule has 0 radical (unpaired) electrons. The number of carbonyl (C=O) groups is 2. The predicted molar refractivity (Wildman–Crippen MR) is 132 cm³/mol. The Labute approximate surface area is 202 Å². The lowest BCUT2D eigenvalue weighted by atomic mass is 9.88. The van der Waals surface area contributed by atoms with Crippen LogP contribution in [0.3, 0.4) is 0 Å². The Morgan fingerprint density at radius 2 is 2.03 bits per heavy atom. The molecule has 3 heterocycles. The topological polar surface area (TPSA) is 65.1 Å². The molecule has 8 heteroatoms. The van der Waals surface area contributed by atoms with Crippen molar-refractivity contribution < 1.29 is 14.3 Å². The fraction of sp³-hybridized carbons (Fsp3) is 0.760. The molecule has 2 saturated heterocycles. The zero-order valence-corrected chi connectivity index (χ0v) is 20.9. The molecule has 2 unspecified atom stereocenters. The molecule has 0 spiro atoms. The average Bonchev–Trinajstić information content (AvgIpc) is 3.46. The molecule has 0 aromatic carbocycles. The Hall–Kier alpha value is -1.48. The van der Waals surface area contributed by atoms with E-state index >= 15 is 0 Å². The highest BCUT2D eigenvalue weighted by Crippen LogP contribution is 2.30. The van der Waals surface area contributed by atoms with Gasteiger partial charge in [0.1, 0.15) is 6.04 Å². The number of hydrogen-bond acceptors (Lipinski definition) is 6. The van der Waals surface area contributed by atoms with Crippen LogP contribution in [0.15, 0.2) is 17.5 Å². The summed E-state index contributed by atoms with van der Waals surface area (Å²) in [5.41, 5.74) is 0. The lowest BCUT2D eigenvalue weighted by Crippen LogP contribution is -2.48. The Bertz CT molecular complexity index is 745. The van der Waals surface area contributed by atoms with Gasteiger partial charge in [-0.15, -0.1) is 11.3 Å². The average molecular weight is 477 g/mol. The summed E-state index contributed by atoms with van der Waals surface area (Å²) in [6, 6.07) is 3.61. The molecule has 1 N–H and O–H groups in total. The second-order valence-electron chi connectivity index (χ2n) is 9.76. The summed E-state index contributed by atoms with van der Waals surface area (Å²) >= 11 is 1.46. The van der Waals surface area contributed by atoms with E-state index in [1.54, 1.807) is 7.11 Å². The number of methoxy groups -OCH3 is 1. The van der Waals surface area contributed by atoms with Gasteiger partial charge in [-0.3, -0.25) is 14.5 Å². The summed E-state index contributed by atoms with van der Waals surface area (Å²) in [4.78, 5) is 34.2. The number of nitrogens with zero attached hydrogens (tertiary/aromatic N) is 3. The van der Waals surface area contributed by atoms with E-state index in [1.807, 2.05) is 27.3 Å². The van der Waals surface area contributed by atoms with Gasteiger partial charge in [-0.2, -0.15) is 0 Å². The van der Waals surface area contributed by atoms with E-state index in [0.29, 0.717) is 19.1 Å². The lowest BCUT2D eigenvalue weighted by Gasteiger charge is -2.33. The highest BCUT2D eigenvalue weighted by Gasteiger charge is 2.44. The Morgan fingerprint density at radius 1 is 1.18 bits per heavy atom. The van der Waals surface area contributed by atoms with Crippen molar-refractivity contribution in [2.75, 3.05) is 59.5 Å². The zero-order valence-electron chi connectivity index (χ0n) is 20.0. The monoisotopic (exact) mass is 476 g/mol. The molecular formula is C25H40N4O3S. The fourth-order valence-corrected chi connectivity index (χ4v) is 6.37. The highest BCUT2D eigenvalue weighted by molar-refractivity contribution is 7.12. The van der Waals surface area contributed by atoms with Gasteiger partial charge in [0.2, 0.25) is 5.91 Å². The first-order valence-corrected chi connectivity index (χ1v) is 13.6. The molecule has 4 rings (SSSR count). The van der Waals surface area contributed by atoms with Crippen molar-refractivity contribution >= 4 is 23.2 Å². The Kier molecular flexibility index (Phi) is 9.18. The second-order valence-corrected chi connectivity index (χ2v) is 10.7. The van der Waals surface area contributed by atoms with Gasteiger partial charge in [0, 0.05) is 52.4 Å². The number of carbonyl (C=O) groups excluding carboxylic acids is 2. The molecule has 3 fully saturated rings. The smallest absolute Gasteiger partial charge is 0.264 e. The zero-order chi connectivity index (χ0) is 23.0. The van der Waals surface area contributed by atoms with Gasteiger partial charge in [0.25, 0.3) is 5.91 Å². The summed E-state index contributed by atoms with van der Waals surface area (Å²) in [7, 11) is 1.75. The molecule has 7 nitrogen and oxygen atoms in total. The van der Waals surface area contributed by atoms with Crippen LogP contribution in [-0.4, -0.2) is 98.1 Å². The number of thiophene rings is 1. The summed E-state index contributed by atoms with van der Waals surface area (Å²) in [6.45, 7) is 6.45. The van der Waals surface area contributed by atoms with Crippen molar-refractivity contribution in [2.24, 2.45) is 5.92 Å². The van der Waals surface area contributed by atoms with Crippen LogP contribution in [-0.2, 0) is 9.53 Å². The van der Waals surface area contributed by atoms with Crippen LogP contribution in [0.4, 0.5) is 0 Å². The third kappa shape index (κ3) is 6.35. The third-order valence-electron chi connectivity index (χ3n) is 7.53. The summed E-state index contributed by atoms with van der Waals surface area (Å²) in [5, 5.41) is 5.32. The Balaban J connectivity index is 1.52. The molecule has 0 bridgehead atoms. The maximum Gasteiger partial charge on any atom is 0.264 e. The molecule has 2 atom stereocenters. The van der Waals surface area contributed by atoms with Gasteiger partial charge in [-0.05, 0) is 49.6 Å². The third-order valence-corrected chi connectivity index (χ3v) is 8.38. The summed E-state index contributed by atoms with van der Waals surface area (Å²) in [5.74, 6) is 0.835. The number of likely N-dealkylation sites (tertiary alicyclic amines) is 1. The maximum atomic E-state index is 13.7. The first kappa shape index (κ1) is 24.6. The first-order chi connectivity index (χ1) is 16.2. The van der Waals surface area contributed by atoms with Crippen LogP contribution >= 0.6 is 11.3 Å². The van der Waals surface area contributed by atoms with E-state index < -0.39 is 0 Å². The van der Waals surface area contributed by atoms with E-state index in [0.717, 1.165) is 57.0 Å². The lowest BCUT2D eigenvalue weighted by molar-refractivity contribution is -0.135. The molecule has 1 saturated carbocycles. The molecule has 2 amide bonds. The van der Waals surface area contributed by atoms with Crippen LogP contribution < -0.4 is 5.32 Å². The van der Waals surface area contributed by atoms with Gasteiger partial charge in [-0.25, -0.2) is 0 Å². The van der Waals surface area contributed by atoms with Gasteiger partial charge < -0.3 is 19.9 Å². The number of ether oxygens (including phenoxy) is 1. The minimum absolute atomic E-state index is 0.00292. The quantitative estimate of drug-likeness (QED) is 0.625. The molecular weight excluding hydrogens is 436 g/mol. The predicted octanol–water partition coefficient (Wildman–Crippen LogP) is 2.68. The van der Waals surface area contributed by atoms with Gasteiger partial charge in [0.15, 0.2) is 0 Å². The van der Waals surface area contributed by atoms with Crippen molar-refractivity contribution in [3.63, 3.8) is 0 Å². The van der Waals surface area contributed by atoms with Crippen LogP contribution in [0, 0.1) is 5.92 Å². The molecule has 1 aliphatic carbocycles. The standard InChI is InChI=1S/C25H40N4O3S/c1-32-15-14-28(18-20-7-3-2-4-8-20)21-17-22(24(30)27-12-6-10-26-11-13-27)29(19-21)25(31)23-9-5-16-33-23/h5,9,16,20-22,26H,2-4,6-8,10-15,17-19H2,1H3. The largest absolute Gasteiger partial charge is 0.383 e. The van der Waals surface area contributed by atoms with Gasteiger partial charge in [0.05, 0.1) is 11.5 Å². The molecule has 3 aliphatic rings. The van der Waals surface area contributed by atoms with E-state index in [2.05, 4.69) is 10.2 Å². The Morgan fingerprint density at radius 3 is 2.79 bits per heavy atom. The molecule has 1 aromatic heterocycles. The van der Waals surface area contributed by atoms with E-state index in [-0.39, 0.29) is 23.9 Å². The second kappa shape index (κ2) is 12.3. The SMILES string of the molecule is COCCN(CC1CCCCC1)C1CC(C(=O)N2CCCNCC2)N(C(=O)c2cccs2)C1. The van der Waals surface area contributed by atoms with Crippen molar-refractivity contribution in [1.29, 1.82) is 0 Å². The molecule has 33 heavy (non-hydrogen) atoms. The molecule has 184 valence electrons. The summed E-state index contributed by atoms with van der Waals surface area (Å²) in [6.07, 6.45) is 8.25. The number of nitrogens with one attached hydrogen (secondary N) is 1. The highest BCUT2D eigenvalue weighted by atomic mass is 32.1. The van der Waals surface area contributed by atoms with Gasteiger partial charge >= 0.3 is 0 Å². The van der Waals surface area contributed by atoms with Gasteiger partial charge in [-0.1, -0.05) is 25.3 Å². The van der Waals surface area contributed by atoms with Crippen molar-refractivity contribution in [3.05, 3.63) is 22.4 Å². The maximum absolute atomic E-state index is 13.7. The first-order valence-electron chi connectivity index (χ1n) is 12.7. The van der Waals surface area contributed by atoms with E-state index in [9.17, 15) is 9.59 Å². The van der Waals surface area contributed by atoms with Crippen molar-refractivity contribution in [2.45, 2.75) is 57.0 Å². The van der Waals surface area contributed by atoms with Crippen LogP contribution in [0.25, 0.3) is 0 Å². The minimum Gasteiger partial charge on any atom is -0.383 e. The number of rotatable bonds is 8. The van der Waals surface area contributed by atoms with Crippen molar-refractivity contribution in [1.82, 2.24) is 20.0 Å². The molecule has 2 aliphatic heterocycles. The van der Waals surface area contributed by atoms with Crippen molar-refractivity contribution in [3.8, 4) is 0 Å². The van der Waals surface area contributed by atoms with Crippen LogP contribution in [0.5, 0.6) is 0 Å².